The number of carbonyl (C=O) groups excluding carboxylic acids is 2. The van der Waals surface area contributed by atoms with Gasteiger partial charge >= 0.3 is 12.1 Å². The molecular formula is C14H17NO4. The average molecular weight is 263 g/mol. The maximum absolute atomic E-state index is 11.9. The van der Waals surface area contributed by atoms with Gasteiger partial charge in [-0.2, -0.15) is 0 Å². The van der Waals surface area contributed by atoms with Gasteiger partial charge in [0, 0.05) is 7.05 Å². The van der Waals surface area contributed by atoms with Crippen molar-refractivity contribution in [3.63, 3.8) is 0 Å². The summed E-state index contributed by atoms with van der Waals surface area (Å²) in [4.78, 5) is 24.9. The number of rotatable bonds is 4. The molecule has 0 aliphatic heterocycles. The van der Waals surface area contributed by atoms with E-state index in [2.05, 4.69) is 0 Å². The first-order valence-corrected chi connectivity index (χ1v) is 6.13. The minimum atomic E-state index is -0.817. The normalized spacial score (nSPS) is 15.5. The highest BCUT2D eigenvalue weighted by Crippen LogP contribution is 2.42. The van der Waals surface area contributed by atoms with Crippen LogP contribution in [-0.4, -0.2) is 36.7 Å². The highest BCUT2D eigenvalue weighted by Gasteiger charge is 2.56. The van der Waals surface area contributed by atoms with Crippen molar-refractivity contribution in [1.82, 2.24) is 4.90 Å². The summed E-state index contributed by atoms with van der Waals surface area (Å²) in [6.07, 6.45) is 0.736. The van der Waals surface area contributed by atoms with Crippen LogP contribution in [0.1, 0.15) is 18.4 Å². The monoisotopic (exact) mass is 263 g/mol. The maximum Gasteiger partial charge on any atom is 0.410 e. The Labute approximate surface area is 112 Å². The highest BCUT2D eigenvalue weighted by atomic mass is 16.6. The Morgan fingerprint density at radius 1 is 1.26 bits per heavy atom. The summed E-state index contributed by atoms with van der Waals surface area (Å²) in [5, 5.41) is 0. The molecule has 1 aliphatic rings. The summed E-state index contributed by atoms with van der Waals surface area (Å²) in [7, 11) is 2.89. The Kier molecular flexibility index (Phi) is 3.74. The van der Waals surface area contributed by atoms with Gasteiger partial charge in [-0.3, -0.25) is 4.90 Å². The van der Waals surface area contributed by atoms with Crippen LogP contribution in [-0.2, 0) is 20.9 Å². The zero-order valence-corrected chi connectivity index (χ0v) is 11.1. The van der Waals surface area contributed by atoms with Crippen molar-refractivity contribution in [2.75, 3.05) is 14.2 Å². The lowest BCUT2D eigenvalue weighted by molar-refractivity contribution is -0.147. The van der Waals surface area contributed by atoms with E-state index in [0.717, 1.165) is 5.56 Å². The third kappa shape index (κ3) is 2.70. The molecule has 1 aromatic carbocycles. The van der Waals surface area contributed by atoms with Crippen LogP contribution in [0.15, 0.2) is 30.3 Å². The minimum Gasteiger partial charge on any atom is -0.467 e. The Balaban J connectivity index is 1.92. The predicted octanol–water partition coefficient (Wildman–Crippen LogP) is 1.96. The van der Waals surface area contributed by atoms with Crippen molar-refractivity contribution in [2.24, 2.45) is 0 Å². The first-order valence-electron chi connectivity index (χ1n) is 6.13. The van der Waals surface area contributed by atoms with Crippen molar-refractivity contribution in [3.05, 3.63) is 35.9 Å². The van der Waals surface area contributed by atoms with Gasteiger partial charge in [0.15, 0.2) is 0 Å². The van der Waals surface area contributed by atoms with Crippen LogP contribution < -0.4 is 0 Å². The van der Waals surface area contributed by atoms with E-state index in [-0.39, 0.29) is 12.6 Å². The molecule has 0 heterocycles. The second kappa shape index (κ2) is 5.30. The molecule has 0 radical (unpaired) electrons. The molecule has 5 heteroatoms. The molecule has 102 valence electrons. The summed E-state index contributed by atoms with van der Waals surface area (Å²) >= 11 is 0. The smallest absolute Gasteiger partial charge is 0.410 e. The minimum absolute atomic E-state index is 0.196. The van der Waals surface area contributed by atoms with Gasteiger partial charge in [-0.25, -0.2) is 9.59 Å². The number of hydrogen-bond donors (Lipinski definition) is 0. The third-order valence-corrected chi connectivity index (χ3v) is 3.41. The zero-order valence-electron chi connectivity index (χ0n) is 11.1. The van der Waals surface area contributed by atoms with Crippen molar-refractivity contribution in [2.45, 2.75) is 25.0 Å². The molecule has 1 fully saturated rings. The number of esters is 1. The fourth-order valence-corrected chi connectivity index (χ4v) is 1.98. The molecule has 1 amide bonds. The van der Waals surface area contributed by atoms with Crippen molar-refractivity contribution < 1.29 is 19.1 Å². The Morgan fingerprint density at radius 2 is 1.89 bits per heavy atom. The van der Waals surface area contributed by atoms with Gasteiger partial charge in [0.1, 0.15) is 12.1 Å². The van der Waals surface area contributed by atoms with E-state index in [1.807, 2.05) is 30.3 Å². The number of hydrogen-bond acceptors (Lipinski definition) is 4. The molecule has 1 aromatic rings. The molecule has 0 unspecified atom stereocenters. The van der Waals surface area contributed by atoms with Crippen molar-refractivity contribution in [3.8, 4) is 0 Å². The number of nitrogens with zero attached hydrogens (tertiary/aromatic N) is 1. The molecule has 1 aliphatic carbocycles. The zero-order chi connectivity index (χ0) is 13.9. The quantitative estimate of drug-likeness (QED) is 0.779. The number of amides is 1. The number of carbonyl (C=O) groups is 2. The van der Waals surface area contributed by atoms with Crippen LogP contribution in [0, 0.1) is 0 Å². The lowest BCUT2D eigenvalue weighted by atomic mass is 10.2. The van der Waals surface area contributed by atoms with Gasteiger partial charge < -0.3 is 9.47 Å². The molecular weight excluding hydrogens is 246 g/mol. The molecule has 0 aromatic heterocycles. The molecule has 0 bridgehead atoms. The summed E-state index contributed by atoms with van der Waals surface area (Å²) in [6.45, 7) is 0.196. The van der Waals surface area contributed by atoms with E-state index in [4.69, 9.17) is 9.47 Å². The van der Waals surface area contributed by atoms with Gasteiger partial charge in [-0.05, 0) is 18.4 Å². The molecule has 0 spiro atoms. The van der Waals surface area contributed by atoms with E-state index >= 15 is 0 Å². The van der Waals surface area contributed by atoms with Gasteiger partial charge in [-0.1, -0.05) is 30.3 Å². The third-order valence-electron chi connectivity index (χ3n) is 3.41. The van der Waals surface area contributed by atoms with Gasteiger partial charge in [0.05, 0.1) is 7.11 Å². The van der Waals surface area contributed by atoms with Crippen LogP contribution in [0.25, 0.3) is 0 Å². The number of likely N-dealkylation sites (N-methyl/N-ethyl adjacent to an activating group) is 1. The number of benzene rings is 1. The molecule has 0 saturated heterocycles. The Hall–Kier alpha value is -2.04. The average Bonchev–Trinajstić information content (AvgIpc) is 3.25. The van der Waals surface area contributed by atoms with Crippen molar-refractivity contribution >= 4 is 12.1 Å². The van der Waals surface area contributed by atoms with E-state index in [1.54, 1.807) is 7.05 Å². The SMILES string of the molecule is COC(=O)C1(N(C)C(=O)OCc2ccccc2)CC1. The molecule has 0 N–H and O–H groups in total. The lowest BCUT2D eigenvalue weighted by Crippen LogP contribution is -2.45. The van der Waals surface area contributed by atoms with E-state index in [9.17, 15) is 9.59 Å². The van der Waals surface area contributed by atoms with Crippen LogP contribution in [0.3, 0.4) is 0 Å². The number of ether oxygens (including phenoxy) is 2. The Bertz CT molecular complexity index is 468. The summed E-state index contributed by atoms with van der Waals surface area (Å²) in [5.41, 5.74) is 0.0925. The van der Waals surface area contributed by atoms with Gasteiger partial charge in [0.25, 0.3) is 0 Å². The largest absolute Gasteiger partial charge is 0.467 e. The van der Waals surface area contributed by atoms with Crippen LogP contribution in [0.2, 0.25) is 0 Å². The maximum atomic E-state index is 11.9. The second-order valence-electron chi connectivity index (χ2n) is 4.62. The predicted molar refractivity (Wildman–Crippen MR) is 68.4 cm³/mol. The van der Waals surface area contributed by atoms with Crippen LogP contribution in [0.4, 0.5) is 4.79 Å². The van der Waals surface area contributed by atoms with Crippen LogP contribution in [0.5, 0.6) is 0 Å². The summed E-state index contributed by atoms with van der Waals surface area (Å²) in [6, 6.07) is 9.41. The lowest BCUT2D eigenvalue weighted by Gasteiger charge is -2.24. The van der Waals surface area contributed by atoms with Crippen LogP contribution >= 0.6 is 0 Å². The fourth-order valence-electron chi connectivity index (χ4n) is 1.98. The topological polar surface area (TPSA) is 55.8 Å². The standard InChI is InChI=1S/C14H17NO4/c1-15(14(8-9-14)12(16)18-2)13(17)19-10-11-6-4-3-5-7-11/h3-7H,8-10H2,1-2H3. The van der Waals surface area contributed by atoms with Crippen molar-refractivity contribution in [1.29, 1.82) is 0 Å². The molecule has 0 atom stereocenters. The Morgan fingerprint density at radius 3 is 2.42 bits per heavy atom. The molecule has 1 saturated carbocycles. The van der Waals surface area contributed by atoms with E-state index < -0.39 is 11.6 Å². The number of methoxy groups -OCH3 is 1. The molecule has 19 heavy (non-hydrogen) atoms. The fraction of sp³-hybridized carbons (Fsp3) is 0.429. The first kappa shape index (κ1) is 13.4. The van der Waals surface area contributed by atoms with E-state index in [0.29, 0.717) is 12.8 Å². The summed E-state index contributed by atoms with van der Waals surface area (Å²) in [5.74, 6) is -0.383. The van der Waals surface area contributed by atoms with Gasteiger partial charge in [0.2, 0.25) is 0 Å². The summed E-state index contributed by atoms with van der Waals surface area (Å²) < 4.78 is 9.91. The molecule has 2 rings (SSSR count). The highest BCUT2D eigenvalue weighted by molar-refractivity contribution is 5.88. The molecule has 5 nitrogen and oxygen atoms in total. The van der Waals surface area contributed by atoms with Gasteiger partial charge in [-0.15, -0.1) is 0 Å². The first-order chi connectivity index (χ1) is 9.10. The van der Waals surface area contributed by atoms with E-state index in [1.165, 1.54) is 12.0 Å². The second-order valence-corrected chi connectivity index (χ2v) is 4.62.